The van der Waals surface area contributed by atoms with E-state index >= 15 is 0 Å². The Balaban J connectivity index is 1.87. The molecule has 0 aromatic carbocycles. The first-order chi connectivity index (χ1) is 12.4. The molecule has 1 unspecified atom stereocenters. The van der Waals surface area contributed by atoms with Crippen LogP contribution in [-0.2, 0) is 10.0 Å². The first-order valence-corrected chi connectivity index (χ1v) is 11.7. The fraction of sp³-hybridized carbons (Fsp3) is 0.722. The minimum Gasteiger partial charge on any atom is -0.392 e. The normalized spacial score (nSPS) is 24.3. The SMILES string of the molecule is CCC(O)CN(CC)S(=O)(=O)c1nc(N2C[C@H]3CCC[C@H]3C2)ccc1Br. The van der Waals surface area contributed by atoms with Gasteiger partial charge in [0.25, 0.3) is 10.0 Å². The lowest BCUT2D eigenvalue weighted by atomic mass is 10.0. The van der Waals surface area contributed by atoms with Crippen LogP contribution in [0.3, 0.4) is 0 Å². The largest absolute Gasteiger partial charge is 0.392 e. The highest BCUT2D eigenvalue weighted by molar-refractivity contribution is 9.10. The van der Waals surface area contributed by atoms with Gasteiger partial charge in [-0.05, 0) is 59.2 Å². The summed E-state index contributed by atoms with van der Waals surface area (Å²) >= 11 is 3.35. The molecule has 1 saturated heterocycles. The van der Waals surface area contributed by atoms with Crippen LogP contribution in [0.4, 0.5) is 5.82 Å². The van der Waals surface area contributed by atoms with E-state index in [2.05, 4.69) is 25.8 Å². The van der Waals surface area contributed by atoms with Gasteiger partial charge in [-0.25, -0.2) is 13.4 Å². The van der Waals surface area contributed by atoms with Gasteiger partial charge in [0.2, 0.25) is 0 Å². The number of hydrogen-bond acceptors (Lipinski definition) is 5. The van der Waals surface area contributed by atoms with Crippen molar-refractivity contribution in [3.05, 3.63) is 16.6 Å². The number of anilines is 1. The molecule has 0 radical (unpaired) electrons. The van der Waals surface area contributed by atoms with Gasteiger partial charge in [0.05, 0.1) is 10.6 Å². The van der Waals surface area contributed by atoms with Gasteiger partial charge in [-0.3, -0.25) is 0 Å². The highest BCUT2D eigenvalue weighted by Gasteiger charge is 2.37. The molecular weight excluding hydrogens is 418 g/mol. The summed E-state index contributed by atoms with van der Waals surface area (Å²) in [6.07, 6.45) is 3.67. The molecule has 6 nitrogen and oxygen atoms in total. The molecule has 2 fully saturated rings. The molecule has 3 rings (SSSR count). The summed E-state index contributed by atoms with van der Waals surface area (Å²) in [5.41, 5.74) is 0. The second-order valence-electron chi connectivity index (χ2n) is 7.33. The van der Waals surface area contributed by atoms with Gasteiger partial charge >= 0.3 is 0 Å². The molecule has 1 aromatic heterocycles. The van der Waals surface area contributed by atoms with Crippen LogP contribution in [0.1, 0.15) is 39.5 Å². The van der Waals surface area contributed by atoms with Crippen LogP contribution < -0.4 is 4.90 Å². The summed E-state index contributed by atoms with van der Waals surface area (Å²) in [4.78, 5) is 6.74. The Labute approximate surface area is 164 Å². The lowest BCUT2D eigenvalue weighted by Crippen LogP contribution is -2.38. The maximum atomic E-state index is 13.1. The Morgan fingerprint density at radius 2 is 1.96 bits per heavy atom. The molecule has 1 aliphatic heterocycles. The number of sulfonamides is 1. The molecule has 1 N–H and O–H groups in total. The van der Waals surface area contributed by atoms with E-state index in [0.717, 1.165) is 18.9 Å². The van der Waals surface area contributed by atoms with Crippen molar-refractivity contribution >= 4 is 31.8 Å². The minimum absolute atomic E-state index is 0.0391. The summed E-state index contributed by atoms with van der Waals surface area (Å²) in [6, 6.07) is 3.66. The van der Waals surface area contributed by atoms with Gasteiger partial charge in [0.15, 0.2) is 5.03 Å². The molecule has 8 heteroatoms. The highest BCUT2D eigenvalue weighted by atomic mass is 79.9. The molecule has 1 saturated carbocycles. The average molecular weight is 446 g/mol. The third-order valence-electron chi connectivity index (χ3n) is 5.67. The van der Waals surface area contributed by atoms with Gasteiger partial charge in [0, 0.05) is 26.2 Å². The third-order valence-corrected chi connectivity index (χ3v) is 8.46. The van der Waals surface area contributed by atoms with Crippen molar-refractivity contribution < 1.29 is 13.5 Å². The predicted octanol–water partition coefficient (Wildman–Crippen LogP) is 2.86. The zero-order chi connectivity index (χ0) is 18.9. The molecule has 0 amide bonds. The number of likely N-dealkylation sites (N-methyl/N-ethyl adjacent to an activating group) is 1. The lowest BCUT2D eigenvalue weighted by Gasteiger charge is -2.24. The maximum absolute atomic E-state index is 13.1. The van der Waals surface area contributed by atoms with Crippen molar-refractivity contribution in [2.75, 3.05) is 31.1 Å². The zero-order valence-electron chi connectivity index (χ0n) is 15.4. The van der Waals surface area contributed by atoms with Gasteiger partial charge in [-0.15, -0.1) is 0 Å². The number of pyridine rings is 1. The van der Waals surface area contributed by atoms with Crippen molar-refractivity contribution in [1.29, 1.82) is 0 Å². The minimum atomic E-state index is -3.77. The number of hydrogen-bond donors (Lipinski definition) is 1. The van der Waals surface area contributed by atoms with Gasteiger partial charge in [0.1, 0.15) is 5.82 Å². The van der Waals surface area contributed by atoms with E-state index in [1.54, 1.807) is 13.0 Å². The van der Waals surface area contributed by atoms with Crippen LogP contribution in [0, 0.1) is 11.8 Å². The monoisotopic (exact) mass is 445 g/mol. The summed E-state index contributed by atoms with van der Waals surface area (Å²) in [5.74, 6) is 2.16. The fourth-order valence-electron chi connectivity index (χ4n) is 4.08. The topological polar surface area (TPSA) is 73.7 Å². The standard InChI is InChI=1S/C18H28BrN3O3S/c1-3-15(23)12-22(4-2)26(24,25)18-16(19)8-9-17(20-18)21-10-13-6-5-7-14(13)11-21/h8-9,13-15,23H,3-7,10-12H2,1-2H3/t13-,14+,15?. The number of aromatic nitrogens is 1. The number of aliphatic hydroxyl groups is 1. The number of rotatable bonds is 7. The van der Waals surface area contributed by atoms with Crippen molar-refractivity contribution in [2.45, 2.75) is 50.7 Å². The molecule has 1 aromatic rings. The Kier molecular flexibility index (Phi) is 6.26. The summed E-state index contributed by atoms with van der Waals surface area (Å²) in [5, 5.41) is 9.95. The molecule has 0 spiro atoms. The van der Waals surface area contributed by atoms with Gasteiger partial charge < -0.3 is 10.0 Å². The smallest absolute Gasteiger partial charge is 0.261 e. The summed E-state index contributed by atoms with van der Waals surface area (Å²) in [7, 11) is -3.77. The van der Waals surface area contributed by atoms with Crippen LogP contribution in [0.2, 0.25) is 0 Å². The Morgan fingerprint density at radius 3 is 2.54 bits per heavy atom. The van der Waals surface area contributed by atoms with Crippen molar-refractivity contribution in [2.24, 2.45) is 11.8 Å². The Hall–Kier alpha value is -0.700. The molecule has 2 heterocycles. The Bertz CT molecular complexity index is 731. The first kappa shape index (κ1) is 20.0. The van der Waals surface area contributed by atoms with E-state index in [4.69, 9.17) is 0 Å². The molecule has 1 aliphatic carbocycles. The van der Waals surface area contributed by atoms with Crippen molar-refractivity contribution in [1.82, 2.24) is 9.29 Å². The van der Waals surface area contributed by atoms with Gasteiger partial charge in [-0.1, -0.05) is 20.3 Å². The molecular formula is C18H28BrN3O3S. The van der Waals surface area contributed by atoms with E-state index in [1.165, 1.54) is 23.6 Å². The third kappa shape index (κ3) is 3.93. The molecule has 0 bridgehead atoms. The predicted molar refractivity (Wildman–Crippen MR) is 106 cm³/mol. The lowest BCUT2D eigenvalue weighted by molar-refractivity contribution is 0.143. The molecule has 26 heavy (non-hydrogen) atoms. The van der Waals surface area contributed by atoms with Crippen LogP contribution in [0.15, 0.2) is 21.6 Å². The van der Waals surface area contributed by atoms with Crippen molar-refractivity contribution in [3.8, 4) is 0 Å². The molecule has 3 atom stereocenters. The first-order valence-electron chi connectivity index (χ1n) is 9.46. The van der Waals surface area contributed by atoms with E-state index in [0.29, 0.717) is 29.3 Å². The zero-order valence-corrected chi connectivity index (χ0v) is 17.8. The summed E-state index contributed by atoms with van der Waals surface area (Å²) < 4.78 is 28.0. The van der Waals surface area contributed by atoms with Crippen LogP contribution in [0.5, 0.6) is 0 Å². The number of aliphatic hydroxyl groups excluding tert-OH is 1. The van der Waals surface area contributed by atoms with Gasteiger partial charge in [-0.2, -0.15) is 4.31 Å². The van der Waals surface area contributed by atoms with E-state index in [-0.39, 0.29) is 11.6 Å². The highest BCUT2D eigenvalue weighted by Crippen LogP contribution is 2.39. The maximum Gasteiger partial charge on any atom is 0.261 e. The quantitative estimate of drug-likeness (QED) is 0.698. The van der Waals surface area contributed by atoms with E-state index < -0.39 is 16.1 Å². The fourth-order valence-corrected chi connectivity index (χ4v) is 6.39. The Morgan fingerprint density at radius 1 is 1.31 bits per heavy atom. The van der Waals surface area contributed by atoms with Crippen molar-refractivity contribution in [3.63, 3.8) is 0 Å². The van der Waals surface area contributed by atoms with Crippen LogP contribution >= 0.6 is 15.9 Å². The number of nitrogens with zero attached hydrogens (tertiary/aromatic N) is 3. The molecule has 146 valence electrons. The van der Waals surface area contributed by atoms with Crippen LogP contribution in [0.25, 0.3) is 0 Å². The van der Waals surface area contributed by atoms with E-state index in [1.807, 2.05) is 13.0 Å². The van der Waals surface area contributed by atoms with Crippen LogP contribution in [-0.4, -0.2) is 55.1 Å². The second-order valence-corrected chi connectivity index (χ2v) is 10.0. The number of halogens is 1. The summed E-state index contributed by atoms with van der Waals surface area (Å²) in [6.45, 7) is 5.92. The number of fused-ring (bicyclic) bond motifs is 1. The average Bonchev–Trinajstić information content (AvgIpc) is 3.21. The molecule has 2 aliphatic rings. The van der Waals surface area contributed by atoms with E-state index in [9.17, 15) is 13.5 Å². The second kappa shape index (κ2) is 8.12.